The number of carbonyl (C=O) groups excluding carboxylic acids is 1. The molecule has 0 aliphatic carbocycles. The largest absolute Gasteiger partial charge is 0.469 e. The highest BCUT2D eigenvalue weighted by molar-refractivity contribution is 5.95. The number of benzene rings is 1. The van der Waals surface area contributed by atoms with E-state index in [0.29, 0.717) is 5.82 Å². The predicted molar refractivity (Wildman–Crippen MR) is 76.3 cm³/mol. The molecule has 0 saturated heterocycles. The van der Waals surface area contributed by atoms with Crippen LogP contribution < -0.4 is 0 Å². The monoisotopic (exact) mass is 269 g/mol. The first-order chi connectivity index (χ1) is 9.69. The number of aryl methyl sites for hydroxylation is 1. The number of nitrogens with one attached hydrogen (secondary N) is 2. The number of imidazole rings is 1. The van der Waals surface area contributed by atoms with Crippen LogP contribution in [0.1, 0.15) is 11.5 Å². The Morgan fingerprint density at radius 3 is 2.95 bits per heavy atom. The zero-order chi connectivity index (χ0) is 14.1. The molecule has 0 amide bonds. The molecule has 1 aromatic carbocycles. The lowest BCUT2D eigenvalue weighted by atomic mass is 10.1. The smallest absolute Gasteiger partial charge is 0.313 e. The Bertz CT molecular complexity index is 770. The summed E-state index contributed by atoms with van der Waals surface area (Å²) in [7, 11) is 1.37. The molecule has 0 radical (unpaired) electrons. The van der Waals surface area contributed by atoms with Gasteiger partial charge < -0.3 is 14.7 Å². The molecule has 20 heavy (non-hydrogen) atoms. The topological polar surface area (TPSA) is 70.8 Å². The maximum Gasteiger partial charge on any atom is 0.313 e. The zero-order valence-electron chi connectivity index (χ0n) is 11.4. The molecule has 0 atom stereocenters. The number of aromatic amines is 2. The third-order valence-electron chi connectivity index (χ3n) is 3.32. The highest BCUT2D eigenvalue weighted by Gasteiger charge is 2.14. The summed E-state index contributed by atoms with van der Waals surface area (Å²) in [5.41, 5.74) is 3.90. The summed E-state index contributed by atoms with van der Waals surface area (Å²) in [4.78, 5) is 22.2. The Labute approximate surface area is 116 Å². The van der Waals surface area contributed by atoms with E-state index in [-0.39, 0.29) is 12.4 Å². The summed E-state index contributed by atoms with van der Waals surface area (Å²) in [5, 5.41) is 1.12. The molecule has 3 aromatic rings. The summed E-state index contributed by atoms with van der Waals surface area (Å²) >= 11 is 0. The highest BCUT2D eigenvalue weighted by Crippen LogP contribution is 2.29. The number of hydrogen-bond donors (Lipinski definition) is 2. The van der Waals surface area contributed by atoms with Gasteiger partial charge >= 0.3 is 5.97 Å². The van der Waals surface area contributed by atoms with Crippen molar-refractivity contribution in [3.63, 3.8) is 0 Å². The molecule has 2 N–H and O–H groups in total. The molecule has 0 saturated carbocycles. The molecule has 0 aliphatic rings. The molecule has 2 heterocycles. The van der Waals surface area contributed by atoms with E-state index >= 15 is 0 Å². The molecule has 0 fully saturated rings. The summed E-state index contributed by atoms with van der Waals surface area (Å²) in [6.45, 7) is 1.95. The van der Waals surface area contributed by atoms with Crippen LogP contribution in [0.25, 0.3) is 22.2 Å². The minimum Gasteiger partial charge on any atom is -0.469 e. The van der Waals surface area contributed by atoms with Crippen LogP contribution in [-0.2, 0) is 16.0 Å². The molecule has 0 bridgehead atoms. The van der Waals surface area contributed by atoms with Crippen molar-refractivity contribution < 1.29 is 9.53 Å². The molecule has 5 nitrogen and oxygen atoms in total. The van der Waals surface area contributed by atoms with Crippen molar-refractivity contribution in [3.8, 4) is 11.3 Å². The number of fused-ring (bicyclic) bond motifs is 1. The molecule has 3 rings (SSSR count). The number of rotatable bonds is 3. The maximum absolute atomic E-state index is 11.3. The molecular formula is C15H15N3O2. The second-order valence-corrected chi connectivity index (χ2v) is 4.66. The van der Waals surface area contributed by atoms with Gasteiger partial charge in [0.05, 0.1) is 12.8 Å². The lowest BCUT2D eigenvalue weighted by Gasteiger charge is -1.96. The summed E-state index contributed by atoms with van der Waals surface area (Å²) in [6.07, 6.45) is 2.09. The van der Waals surface area contributed by atoms with Gasteiger partial charge in [-0.25, -0.2) is 4.98 Å². The Morgan fingerprint density at radius 2 is 2.15 bits per heavy atom. The average molecular weight is 269 g/mol. The number of carbonyl (C=O) groups is 1. The first-order valence-corrected chi connectivity index (χ1v) is 6.38. The number of nitrogens with zero attached hydrogens (tertiary/aromatic N) is 1. The van der Waals surface area contributed by atoms with Crippen LogP contribution in [-0.4, -0.2) is 28.0 Å². The molecule has 0 spiro atoms. The zero-order valence-corrected chi connectivity index (χ0v) is 11.4. The predicted octanol–water partition coefficient (Wildman–Crippen LogP) is 2.58. The molecule has 0 unspecified atom stereocenters. The lowest BCUT2D eigenvalue weighted by molar-refractivity contribution is -0.139. The van der Waals surface area contributed by atoms with Gasteiger partial charge in [-0.2, -0.15) is 0 Å². The van der Waals surface area contributed by atoms with Crippen LogP contribution >= 0.6 is 0 Å². The summed E-state index contributed by atoms with van der Waals surface area (Å²) in [5.74, 6) is 0.318. The minimum atomic E-state index is -0.302. The Kier molecular flexibility index (Phi) is 3.02. The third kappa shape index (κ3) is 2.07. The molecule has 0 aliphatic heterocycles. The fraction of sp³-hybridized carbons (Fsp3) is 0.200. The van der Waals surface area contributed by atoms with Gasteiger partial charge in [-0.1, -0.05) is 18.2 Å². The summed E-state index contributed by atoms with van der Waals surface area (Å²) < 4.78 is 4.66. The van der Waals surface area contributed by atoms with Crippen molar-refractivity contribution in [1.82, 2.24) is 15.0 Å². The average Bonchev–Trinajstić information content (AvgIpc) is 3.02. The minimum absolute atomic E-state index is 0.152. The Hall–Kier alpha value is -2.56. The fourth-order valence-corrected chi connectivity index (χ4v) is 2.34. The number of hydrogen-bond acceptors (Lipinski definition) is 3. The van der Waals surface area contributed by atoms with Gasteiger partial charge in [-0.05, 0) is 13.0 Å². The maximum atomic E-state index is 11.3. The van der Waals surface area contributed by atoms with Crippen LogP contribution in [0.4, 0.5) is 0 Å². The molecule has 102 valence electrons. The van der Waals surface area contributed by atoms with E-state index in [1.54, 1.807) is 0 Å². The van der Waals surface area contributed by atoms with Gasteiger partial charge in [-0.15, -0.1) is 0 Å². The van der Waals surface area contributed by atoms with Crippen LogP contribution in [0.3, 0.4) is 0 Å². The van der Waals surface area contributed by atoms with Crippen molar-refractivity contribution in [3.05, 3.63) is 42.0 Å². The first-order valence-electron chi connectivity index (χ1n) is 6.38. The van der Waals surface area contributed by atoms with Crippen molar-refractivity contribution in [2.24, 2.45) is 0 Å². The van der Waals surface area contributed by atoms with E-state index in [0.717, 1.165) is 27.9 Å². The van der Waals surface area contributed by atoms with Gasteiger partial charge in [0, 0.05) is 28.4 Å². The lowest BCUT2D eigenvalue weighted by Crippen LogP contribution is -2.05. The van der Waals surface area contributed by atoms with Crippen molar-refractivity contribution >= 4 is 16.9 Å². The van der Waals surface area contributed by atoms with Crippen molar-refractivity contribution in [2.75, 3.05) is 7.11 Å². The van der Waals surface area contributed by atoms with E-state index in [9.17, 15) is 4.79 Å². The number of ether oxygens (including phenoxy) is 1. The third-order valence-corrected chi connectivity index (χ3v) is 3.32. The van der Waals surface area contributed by atoms with Gasteiger partial charge in [0.2, 0.25) is 0 Å². The normalized spacial score (nSPS) is 10.9. The van der Waals surface area contributed by atoms with Crippen LogP contribution in [0.5, 0.6) is 0 Å². The van der Waals surface area contributed by atoms with Crippen LogP contribution in [0.15, 0.2) is 30.5 Å². The number of aromatic nitrogens is 3. The molecule has 2 aromatic heterocycles. The van der Waals surface area contributed by atoms with Gasteiger partial charge in [0.15, 0.2) is 0 Å². The second kappa shape index (κ2) is 4.85. The first kappa shape index (κ1) is 12.5. The standard InChI is InChI=1S/C15H15N3O2/c1-9-15(18-13(17-9)7-14(19)20-2)11-8-16-12-6-4-3-5-10(11)12/h3-6,8,16H,7H2,1-2H3,(H,17,18). The number of esters is 1. The SMILES string of the molecule is COC(=O)Cc1nc(-c2c[nH]c3ccccc23)c(C)[nH]1. The fourth-order valence-electron chi connectivity index (χ4n) is 2.34. The molecular weight excluding hydrogens is 254 g/mol. The number of H-pyrrole nitrogens is 2. The van der Waals surface area contributed by atoms with Crippen LogP contribution in [0, 0.1) is 6.92 Å². The van der Waals surface area contributed by atoms with Gasteiger partial charge in [0.25, 0.3) is 0 Å². The van der Waals surface area contributed by atoms with E-state index in [1.807, 2.05) is 31.3 Å². The Balaban J connectivity index is 2.04. The van der Waals surface area contributed by atoms with Crippen LogP contribution in [0.2, 0.25) is 0 Å². The number of para-hydroxylation sites is 1. The van der Waals surface area contributed by atoms with E-state index < -0.39 is 0 Å². The van der Waals surface area contributed by atoms with Crippen molar-refractivity contribution in [1.29, 1.82) is 0 Å². The second-order valence-electron chi connectivity index (χ2n) is 4.66. The van der Waals surface area contributed by atoms with Gasteiger partial charge in [0.1, 0.15) is 12.2 Å². The molecule has 5 heteroatoms. The van der Waals surface area contributed by atoms with Crippen molar-refractivity contribution in [2.45, 2.75) is 13.3 Å². The Morgan fingerprint density at radius 1 is 1.35 bits per heavy atom. The van der Waals surface area contributed by atoms with E-state index in [1.165, 1.54) is 7.11 Å². The van der Waals surface area contributed by atoms with E-state index in [2.05, 4.69) is 25.8 Å². The number of methoxy groups -OCH3 is 1. The van der Waals surface area contributed by atoms with E-state index in [4.69, 9.17) is 0 Å². The highest BCUT2D eigenvalue weighted by atomic mass is 16.5. The quantitative estimate of drug-likeness (QED) is 0.718. The summed E-state index contributed by atoms with van der Waals surface area (Å²) in [6, 6.07) is 8.06. The van der Waals surface area contributed by atoms with Gasteiger partial charge in [-0.3, -0.25) is 4.79 Å².